The SMILES string of the molecule is Cc1ccc(S(=O)(=O)NC(=O)N2CCC(N3C(=O)Cc4ccccc43)CC2)cc1. The number of sulfonamides is 1. The van der Waals surface area contributed by atoms with Crippen molar-refractivity contribution >= 4 is 27.6 Å². The number of hydrogen-bond donors (Lipinski definition) is 1. The number of rotatable bonds is 3. The highest BCUT2D eigenvalue weighted by Crippen LogP contribution is 2.33. The van der Waals surface area contributed by atoms with E-state index in [1.807, 2.05) is 36.1 Å². The molecule has 0 saturated carbocycles. The smallest absolute Gasteiger partial charge is 0.324 e. The summed E-state index contributed by atoms with van der Waals surface area (Å²) in [5.74, 6) is 0.0797. The van der Waals surface area contributed by atoms with Crippen molar-refractivity contribution in [2.24, 2.45) is 0 Å². The van der Waals surface area contributed by atoms with Gasteiger partial charge < -0.3 is 9.80 Å². The van der Waals surface area contributed by atoms with E-state index in [0.717, 1.165) is 16.8 Å². The second kappa shape index (κ2) is 7.51. The van der Waals surface area contributed by atoms with Crippen molar-refractivity contribution in [2.45, 2.75) is 37.1 Å². The second-order valence-corrected chi connectivity index (χ2v) is 9.19. The van der Waals surface area contributed by atoms with Gasteiger partial charge in [0.25, 0.3) is 10.0 Å². The molecule has 2 aliphatic heterocycles. The lowest BCUT2D eigenvalue weighted by molar-refractivity contribution is -0.118. The molecule has 7 nitrogen and oxygen atoms in total. The monoisotopic (exact) mass is 413 g/mol. The molecule has 0 bridgehead atoms. The van der Waals surface area contributed by atoms with Gasteiger partial charge in [-0.1, -0.05) is 35.9 Å². The lowest BCUT2D eigenvalue weighted by Crippen LogP contribution is -2.51. The molecule has 0 radical (unpaired) electrons. The average Bonchev–Trinajstić information content (AvgIpc) is 3.04. The topological polar surface area (TPSA) is 86.8 Å². The zero-order chi connectivity index (χ0) is 20.6. The van der Waals surface area contributed by atoms with Crippen molar-refractivity contribution < 1.29 is 18.0 Å². The summed E-state index contributed by atoms with van der Waals surface area (Å²) in [5, 5.41) is 0. The number of anilines is 1. The predicted octanol–water partition coefficient (Wildman–Crippen LogP) is 2.45. The Labute approximate surface area is 170 Å². The van der Waals surface area contributed by atoms with Crippen molar-refractivity contribution in [3.8, 4) is 0 Å². The third kappa shape index (κ3) is 3.85. The summed E-state index contributed by atoms with van der Waals surface area (Å²) in [4.78, 5) is 28.4. The quantitative estimate of drug-likeness (QED) is 0.837. The number of carbonyl (C=O) groups excluding carboxylic acids is 2. The lowest BCUT2D eigenvalue weighted by Gasteiger charge is -2.36. The molecule has 0 atom stereocenters. The second-order valence-electron chi connectivity index (χ2n) is 7.51. The minimum atomic E-state index is -3.91. The fourth-order valence-corrected chi connectivity index (χ4v) is 4.93. The number of nitrogens with zero attached hydrogens (tertiary/aromatic N) is 2. The van der Waals surface area contributed by atoms with Crippen LogP contribution in [0.3, 0.4) is 0 Å². The van der Waals surface area contributed by atoms with Gasteiger partial charge in [0, 0.05) is 24.8 Å². The Balaban J connectivity index is 1.39. The van der Waals surface area contributed by atoms with Gasteiger partial charge in [-0.05, 0) is 43.5 Å². The molecule has 4 rings (SSSR count). The van der Waals surface area contributed by atoms with Crippen molar-refractivity contribution in [1.29, 1.82) is 0 Å². The Hall–Kier alpha value is -2.87. The van der Waals surface area contributed by atoms with Crippen LogP contribution in [0.2, 0.25) is 0 Å². The Morgan fingerprint density at radius 1 is 1.03 bits per heavy atom. The molecule has 1 fully saturated rings. The number of nitrogens with one attached hydrogen (secondary N) is 1. The fourth-order valence-electron chi connectivity index (χ4n) is 3.96. The Morgan fingerprint density at radius 2 is 1.69 bits per heavy atom. The highest BCUT2D eigenvalue weighted by atomic mass is 32.2. The predicted molar refractivity (Wildman–Crippen MR) is 109 cm³/mol. The zero-order valence-electron chi connectivity index (χ0n) is 16.2. The Bertz CT molecular complexity index is 1040. The van der Waals surface area contributed by atoms with E-state index in [1.165, 1.54) is 17.0 Å². The van der Waals surface area contributed by atoms with Crippen LogP contribution in [0.25, 0.3) is 0 Å². The van der Waals surface area contributed by atoms with Gasteiger partial charge in [-0.15, -0.1) is 0 Å². The molecule has 2 aromatic carbocycles. The van der Waals surface area contributed by atoms with E-state index >= 15 is 0 Å². The van der Waals surface area contributed by atoms with Gasteiger partial charge in [-0.2, -0.15) is 0 Å². The van der Waals surface area contributed by atoms with Crippen molar-refractivity contribution in [3.63, 3.8) is 0 Å². The molecule has 8 heteroatoms. The largest absolute Gasteiger partial charge is 0.331 e. The molecular weight excluding hydrogens is 390 g/mol. The van der Waals surface area contributed by atoms with E-state index in [4.69, 9.17) is 0 Å². The van der Waals surface area contributed by atoms with Crippen LogP contribution in [0.4, 0.5) is 10.5 Å². The molecular formula is C21H23N3O4S. The number of fused-ring (bicyclic) bond motifs is 1. The van der Waals surface area contributed by atoms with Crippen LogP contribution >= 0.6 is 0 Å². The van der Waals surface area contributed by atoms with Crippen LogP contribution in [0.5, 0.6) is 0 Å². The molecule has 0 unspecified atom stereocenters. The van der Waals surface area contributed by atoms with Gasteiger partial charge >= 0.3 is 6.03 Å². The summed E-state index contributed by atoms with van der Waals surface area (Å²) in [7, 11) is -3.91. The van der Waals surface area contributed by atoms with E-state index < -0.39 is 16.1 Å². The number of para-hydroxylation sites is 1. The van der Waals surface area contributed by atoms with Gasteiger partial charge in [-0.25, -0.2) is 17.9 Å². The Morgan fingerprint density at radius 3 is 2.38 bits per heavy atom. The number of likely N-dealkylation sites (tertiary alicyclic amines) is 1. The molecule has 1 N–H and O–H groups in total. The molecule has 29 heavy (non-hydrogen) atoms. The van der Waals surface area contributed by atoms with E-state index in [-0.39, 0.29) is 16.8 Å². The first-order valence-corrected chi connectivity index (χ1v) is 11.1. The normalized spacial score (nSPS) is 17.3. The molecule has 3 amide bonds. The molecule has 152 valence electrons. The van der Waals surface area contributed by atoms with E-state index in [9.17, 15) is 18.0 Å². The summed E-state index contributed by atoms with van der Waals surface area (Å²) < 4.78 is 27.0. The molecule has 1 saturated heterocycles. The van der Waals surface area contributed by atoms with Crippen molar-refractivity contribution in [2.75, 3.05) is 18.0 Å². The maximum atomic E-state index is 12.5. The van der Waals surface area contributed by atoms with Crippen LogP contribution in [-0.4, -0.2) is 44.4 Å². The molecule has 2 aromatic rings. The number of urea groups is 1. The van der Waals surface area contributed by atoms with Gasteiger partial charge in [0.2, 0.25) is 5.91 Å². The molecule has 0 spiro atoms. The highest BCUT2D eigenvalue weighted by molar-refractivity contribution is 7.90. The minimum absolute atomic E-state index is 0.0175. The van der Waals surface area contributed by atoms with E-state index in [0.29, 0.717) is 32.4 Å². The number of hydrogen-bond acceptors (Lipinski definition) is 4. The third-order valence-electron chi connectivity index (χ3n) is 5.53. The minimum Gasteiger partial charge on any atom is -0.324 e. The van der Waals surface area contributed by atoms with Crippen molar-refractivity contribution in [1.82, 2.24) is 9.62 Å². The number of aryl methyl sites for hydroxylation is 1. The first kappa shape index (κ1) is 19.4. The van der Waals surface area contributed by atoms with Gasteiger partial charge in [0.1, 0.15) is 0 Å². The number of benzene rings is 2. The molecule has 0 aromatic heterocycles. The maximum Gasteiger partial charge on any atom is 0.331 e. The summed E-state index contributed by atoms with van der Waals surface area (Å²) in [5.41, 5.74) is 2.92. The molecule has 0 aliphatic carbocycles. The summed E-state index contributed by atoms with van der Waals surface area (Å²) >= 11 is 0. The van der Waals surface area contributed by atoms with Gasteiger partial charge in [0.15, 0.2) is 0 Å². The zero-order valence-corrected chi connectivity index (χ0v) is 17.0. The molecule has 2 aliphatic rings. The highest BCUT2D eigenvalue weighted by Gasteiger charge is 2.35. The third-order valence-corrected chi connectivity index (χ3v) is 6.87. The Kier molecular flexibility index (Phi) is 5.04. The van der Waals surface area contributed by atoms with Crippen LogP contribution in [-0.2, 0) is 21.2 Å². The fraction of sp³-hybridized carbons (Fsp3) is 0.333. The van der Waals surface area contributed by atoms with Crippen LogP contribution in [0.1, 0.15) is 24.0 Å². The summed E-state index contributed by atoms with van der Waals surface area (Å²) in [6.45, 7) is 2.65. The van der Waals surface area contributed by atoms with Crippen LogP contribution in [0.15, 0.2) is 53.4 Å². The van der Waals surface area contributed by atoms with Crippen LogP contribution in [0, 0.1) is 6.92 Å². The average molecular weight is 413 g/mol. The van der Waals surface area contributed by atoms with E-state index in [1.54, 1.807) is 12.1 Å². The van der Waals surface area contributed by atoms with Crippen molar-refractivity contribution in [3.05, 3.63) is 59.7 Å². The molecule has 2 heterocycles. The number of piperidine rings is 1. The first-order chi connectivity index (χ1) is 13.8. The standard InChI is InChI=1S/C21H23N3O4S/c1-15-6-8-18(9-7-15)29(27,28)22-21(26)23-12-10-17(11-13-23)24-19-5-3-2-4-16(19)14-20(24)25/h2-9,17H,10-14H2,1H3,(H,22,26). The summed E-state index contributed by atoms with van der Waals surface area (Å²) in [6.07, 6.45) is 1.63. The maximum absolute atomic E-state index is 12.5. The summed E-state index contributed by atoms with van der Waals surface area (Å²) in [6, 6.07) is 13.5. The van der Waals surface area contributed by atoms with Crippen LogP contribution < -0.4 is 9.62 Å². The van der Waals surface area contributed by atoms with Gasteiger partial charge in [-0.3, -0.25) is 4.79 Å². The first-order valence-electron chi connectivity index (χ1n) is 9.63. The van der Waals surface area contributed by atoms with Gasteiger partial charge in [0.05, 0.1) is 11.3 Å². The number of carbonyl (C=O) groups is 2. The van der Waals surface area contributed by atoms with E-state index in [2.05, 4.69) is 4.72 Å². The lowest BCUT2D eigenvalue weighted by atomic mass is 10.0. The number of amides is 3.